The van der Waals surface area contributed by atoms with Crippen molar-refractivity contribution in [1.82, 2.24) is 0 Å². The van der Waals surface area contributed by atoms with E-state index in [0.29, 0.717) is 0 Å². The summed E-state index contributed by atoms with van der Waals surface area (Å²) in [6.45, 7) is 0.792. The largest absolute Gasteiger partial charge is 0.493 e. The lowest BCUT2D eigenvalue weighted by molar-refractivity contribution is 0.288. The van der Waals surface area contributed by atoms with Crippen LogP contribution in [-0.4, -0.2) is 12.7 Å². The first-order chi connectivity index (χ1) is 7.84. The Balaban J connectivity index is 2.00. The normalized spacial score (nSPS) is 20.2. The van der Waals surface area contributed by atoms with Crippen molar-refractivity contribution in [1.29, 1.82) is 0 Å². The van der Waals surface area contributed by atoms with Gasteiger partial charge in [0.05, 0.1) is 12.1 Å². The molecule has 1 heterocycles. The van der Waals surface area contributed by atoms with E-state index >= 15 is 0 Å². The van der Waals surface area contributed by atoms with Gasteiger partial charge >= 0.3 is 0 Å². The van der Waals surface area contributed by atoms with E-state index in [2.05, 4.69) is 17.1 Å². The van der Waals surface area contributed by atoms with E-state index in [-0.39, 0.29) is 5.54 Å². The zero-order chi connectivity index (χ0) is 11.0. The van der Waals surface area contributed by atoms with E-state index in [1.807, 2.05) is 6.07 Å². The molecule has 0 saturated heterocycles. The third-order valence-corrected chi connectivity index (χ3v) is 3.44. The number of nitrogens with zero attached hydrogens (tertiary/aromatic N) is 1. The summed E-state index contributed by atoms with van der Waals surface area (Å²) in [4.78, 5) is 14.3. The highest BCUT2D eigenvalue weighted by Gasteiger charge is 2.45. The Kier molecular flexibility index (Phi) is 2.08. The van der Waals surface area contributed by atoms with Crippen LogP contribution in [0.25, 0.3) is 0 Å². The first-order valence-corrected chi connectivity index (χ1v) is 5.69. The highest BCUT2D eigenvalue weighted by molar-refractivity contribution is 5.46. The molecule has 1 aromatic carbocycles. The summed E-state index contributed by atoms with van der Waals surface area (Å²) >= 11 is 0. The molecule has 1 aliphatic carbocycles. The number of rotatable bonds is 2. The molecule has 0 aromatic heterocycles. The summed E-state index contributed by atoms with van der Waals surface area (Å²) in [6.07, 6.45) is 5.74. The highest BCUT2D eigenvalue weighted by Crippen LogP contribution is 2.50. The maximum absolute atomic E-state index is 10.4. The molecule has 0 spiro atoms. The summed E-state index contributed by atoms with van der Waals surface area (Å²) in [7, 11) is 0. The van der Waals surface area contributed by atoms with E-state index in [9.17, 15) is 4.79 Å². The van der Waals surface area contributed by atoms with E-state index in [1.54, 1.807) is 6.08 Å². The fraction of sp³-hybridized carbons (Fsp3) is 0.462. The van der Waals surface area contributed by atoms with Crippen LogP contribution in [0.4, 0.5) is 0 Å². The van der Waals surface area contributed by atoms with Gasteiger partial charge in [0.15, 0.2) is 0 Å². The third kappa shape index (κ3) is 1.44. The van der Waals surface area contributed by atoms with Gasteiger partial charge < -0.3 is 4.74 Å². The maximum Gasteiger partial charge on any atom is 0.235 e. The molecule has 3 heteroatoms. The molecule has 1 aromatic rings. The first kappa shape index (κ1) is 9.61. The molecule has 0 atom stereocenters. The fourth-order valence-corrected chi connectivity index (χ4v) is 2.30. The lowest BCUT2D eigenvalue weighted by Gasteiger charge is -2.19. The molecule has 0 unspecified atom stereocenters. The molecular formula is C13H13NO2. The number of benzene rings is 1. The molecule has 16 heavy (non-hydrogen) atoms. The average Bonchev–Trinajstić information content (AvgIpc) is 3.10. The predicted octanol–water partition coefficient (Wildman–Crippen LogP) is 2.34. The van der Waals surface area contributed by atoms with Gasteiger partial charge in [0.25, 0.3) is 0 Å². The molecule has 1 saturated carbocycles. The van der Waals surface area contributed by atoms with Crippen LogP contribution in [0.5, 0.6) is 5.75 Å². The fourth-order valence-electron chi connectivity index (χ4n) is 2.30. The van der Waals surface area contributed by atoms with Gasteiger partial charge in [-0.15, -0.1) is 0 Å². The Labute approximate surface area is 94.1 Å². The van der Waals surface area contributed by atoms with Crippen molar-refractivity contribution in [3.63, 3.8) is 0 Å². The second kappa shape index (κ2) is 3.46. The van der Waals surface area contributed by atoms with E-state index in [0.717, 1.165) is 43.6 Å². The first-order valence-electron chi connectivity index (χ1n) is 5.69. The number of hydrogen-bond acceptors (Lipinski definition) is 3. The highest BCUT2D eigenvalue weighted by atomic mass is 16.5. The number of carbonyl (C=O) groups excluding carboxylic acids is 1. The van der Waals surface area contributed by atoms with Gasteiger partial charge in [-0.1, -0.05) is 12.1 Å². The number of aryl methyl sites for hydroxylation is 1. The van der Waals surface area contributed by atoms with Crippen molar-refractivity contribution in [2.24, 2.45) is 4.99 Å². The topological polar surface area (TPSA) is 38.7 Å². The number of aliphatic imine (C=N–C) groups is 1. The van der Waals surface area contributed by atoms with Crippen molar-refractivity contribution in [2.75, 3.05) is 6.61 Å². The van der Waals surface area contributed by atoms with Crippen molar-refractivity contribution in [3.05, 3.63) is 29.3 Å². The van der Waals surface area contributed by atoms with Crippen molar-refractivity contribution < 1.29 is 9.53 Å². The minimum absolute atomic E-state index is 0.280. The summed E-state index contributed by atoms with van der Waals surface area (Å²) in [5.41, 5.74) is 2.08. The van der Waals surface area contributed by atoms with Crippen LogP contribution in [0.15, 0.2) is 23.2 Å². The number of isocyanates is 1. The molecule has 0 bridgehead atoms. The second-order valence-corrected chi connectivity index (χ2v) is 4.51. The van der Waals surface area contributed by atoms with Crippen LogP contribution in [0, 0.1) is 0 Å². The van der Waals surface area contributed by atoms with Gasteiger partial charge in [-0.2, -0.15) is 4.99 Å². The summed E-state index contributed by atoms with van der Waals surface area (Å²) in [6, 6.07) is 6.22. The minimum Gasteiger partial charge on any atom is -0.493 e. The van der Waals surface area contributed by atoms with Crippen LogP contribution < -0.4 is 4.74 Å². The maximum atomic E-state index is 10.4. The van der Waals surface area contributed by atoms with E-state index < -0.39 is 0 Å². The third-order valence-electron chi connectivity index (χ3n) is 3.44. The summed E-state index contributed by atoms with van der Waals surface area (Å²) in [5, 5.41) is 0. The standard InChI is InChI=1S/C13H13NO2/c15-9-14-13(5-6-13)11-4-3-10-2-1-7-16-12(10)8-11/h3-4,8H,1-2,5-7H2. The Morgan fingerprint density at radius 2 is 2.25 bits per heavy atom. The minimum atomic E-state index is -0.280. The van der Waals surface area contributed by atoms with Gasteiger partial charge in [0, 0.05) is 0 Å². The van der Waals surface area contributed by atoms with E-state index in [1.165, 1.54) is 5.56 Å². The molecule has 0 amide bonds. The second-order valence-electron chi connectivity index (χ2n) is 4.51. The molecule has 2 aliphatic rings. The number of hydrogen-bond donors (Lipinski definition) is 0. The quantitative estimate of drug-likeness (QED) is 0.561. The van der Waals surface area contributed by atoms with Crippen molar-refractivity contribution in [2.45, 2.75) is 31.2 Å². The lowest BCUT2D eigenvalue weighted by atomic mass is 9.99. The Morgan fingerprint density at radius 3 is 3.00 bits per heavy atom. The Hall–Kier alpha value is -1.60. The zero-order valence-electron chi connectivity index (χ0n) is 9.03. The SMILES string of the molecule is O=C=NC1(c2ccc3c(c2)OCCC3)CC1. The molecule has 1 fully saturated rings. The molecule has 82 valence electrons. The van der Waals surface area contributed by atoms with Crippen molar-refractivity contribution in [3.8, 4) is 5.75 Å². The zero-order valence-corrected chi connectivity index (χ0v) is 9.03. The van der Waals surface area contributed by atoms with Crippen LogP contribution in [-0.2, 0) is 16.8 Å². The predicted molar refractivity (Wildman–Crippen MR) is 59.3 cm³/mol. The van der Waals surface area contributed by atoms with Crippen LogP contribution in [0.3, 0.4) is 0 Å². The van der Waals surface area contributed by atoms with Gasteiger partial charge in [0.2, 0.25) is 6.08 Å². The van der Waals surface area contributed by atoms with Crippen LogP contribution in [0.1, 0.15) is 30.4 Å². The van der Waals surface area contributed by atoms with E-state index in [4.69, 9.17) is 4.74 Å². The molecular weight excluding hydrogens is 202 g/mol. The molecule has 1 aliphatic heterocycles. The van der Waals surface area contributed by atoms with Gasteiger partial charge in [-0.25, -0.2) is 4.79 Å². The Bertz CT molecular complexity index is 471. The average molecular weight is 215 g/mol. The van der Waals surface area contributed by atoms with Crippen LogP contribution >= 0.6 is 0 Å². The van der Waals surface area contributed by atoms with Crippen molar-refractivity contribution >= 4 is 6.08 Å². The molecule has 3 nitrogen and oxygen atoms in total. The summed E-state index contributed by atoms with van der Waals surface area (Å²) in [5.74, 6) is 0.969. The van der Waals surface area contributed by atoms with Crippen LogP contribution in [0.2, 0.25) is 0 Å². The molecule has 0 N–H and O–H groups in total. The Morgan fingerprint density at radius 1 is 1.38 bits per heavy atom. The lowest BCUT2D eigenvalue weighted by Crippen LogP contribution is -2.10. The van der Waals surface area contributed by atoms with Gasteiger partial charge in [-0.05, 0) is 42.9 Å². The summed E-state index contributed by atoms with van der Waals surface area (Å²) < 4.78 is 5.62. The smallest absolute Gasteiger partial charge is 0.235 e. The number of ether oxygens (including phenoxy) is 1. The van der Waals surface area contributed by atoms with Gasteiger partial charge in [-0.3, -0.25) is 0 Å². The monoisotopic (exact) mass is 215 g/mol. The molecule has 3 rings (SSSR count). The number of fused-ring (bicyclic) bond motifs is 1. The van der Waals surface area contributed by atoms with Gasteiger partial charge in [0.1, 0.15) is 5.75 Å². The molecule has 0 radical (unpaired) electrons.